The molecular formula is C24H31N3O3S. The van der Waals surface area contributed by atoms with Crippen molar-refractivity contribution in [3.63, 3.8) is 0 Å². The second-order valence-electron chi connectivity index (χ2n) is 8.15. The van der Waals surface area contributed by atoms with E-state index in [-0.39, 0.29) is 17.3 Å². The van der Waals surface area contributed by atoms with Crippen molar-refractivity contribution in [2.75, 3.05) is 19.6 Å². The van der Waals surface area contributed by atoms with Crippen LogP contribution in [0.1, 0.15) is 41.3 Å². The Labute approximate surface area is 185 Å². The maximum atomic E-state index is 12.4. The van der Waals surface area contributed by atoms with Crippen molar-refractivity contribution in [3.05, 3.63) is 77.9 Å². The fourth-order valence-corrected chi connectivity index (χ4v) is 4.77. The summed E-state index contributed by atoms with van der Waals surface area (Å²) in [6.45, 7) is 9.65. The second kappa shape index (κ2) is 10.7. The number of nitrogens with one attached hydrogen (secondary N) is 2. The van der Waals surface area contributed by atoms with Gasteiger partial charge in [-0.05, 0) is 60.7 Å². The number of amides is 1. The normalized spacial score (nSPS) is 17.3. The van der Waals surface area contributed by atoms with Crippen molar-refractivity contribution in [2.45, 2.75) is 37.8 Å². The van der Waals surface area contributed by atoms with Crippen LogP contribution in [0.15, 0.2) is 66.1 Å². The maximum absolute atomic E-state index is 12.4. The minimum Gasteiger partial charge on any atom is -0.348 e. The van der Waals surface area contributed by atoms with E-state index in [9.17, 15) is 13.2 Å². The van der Waals surface area contributed by atoms with Gasteiger partial charge in [-0.3, -0.25) is 9.69 Å². The number of rotatable bonds is 9. The molecule has 1 unspecified atom stereocenters. The first kappa shape index (κ1) is 23.2. The number of hydrogen-bond donors (Lipinski definition) is 2. The van der Waals surface area contributed by atoms with Crippen LogP contribution in [0.25, 0.3) is 0 Å². The molecule has 2 aromatic carbocycles. The third kappa shape index (κ3) is 6.75. The Morgan fingerprint density at radius 1 is 1.13 bits per heavy atom. The molecule has 7 heteroatoms. The van der Waals surface area contributed by atoms with Gasteiger partial charge in [-0.25, -0.2) is 13.1 Å². The van der Waals surface area contributed by atoms with Gasteiger partial charge in [0.1, 0.15) is 0 Å². The molecule has 1 amide bonds. The summed E-state index contributed by atoms with van der Waals surface area (Å²) in [5.41, 5.74) is 2.72. The van der Waals surface area contributed by atoms with E-state index in [1.807, 2.05) is 12.1 Å². The van der Waals surface area contributed by atoms with Crippen LogP contribution in [0.3, 0.4) is 0 Å². The van der Waals surface area contributed by atoms with E-state index in [0.29, 0.717) is 12.1 Å². The quantitative estimate of drug-likeness (QED) is 0.585. The Hall–Kier alpha value is -2.48. The predicted octanol–water partition coefficient (Wildman–Crippen LogP) is 3.31. The van der Waals surface area contributed by atoms with E-state index in [0.717, 1.165) is 31.1 Å². The summed E-state index contributed by atoms with van der Waals surface area (Å²) in [4.78, 5) is 15.0. The number of carbonyl (C=O) groups is 1. The topological polar surface area (TPSA) is 78.5 Å². The van der Waals surface area contributed by atoms with Crippen molar-refractivity contribution in [1.82, 2.24) is 14.9 Å². The van der Waals surface area contributed by atoms with E-state index in [1.54, 1.807) is 0 Å². The number of hydrogen-bond acceptors (Lipinski definition) is 4. The van der Waals surface area contributed by atoms with Gasteiger partial charge in [0.25, 0.3) is 5.91 Å². The Kier molecular flexibility index (Phi) is 8.01. The standard InChI is InChI=1S/C24H31N3O3S/c1-3-14-26-31(29,30)23-12-10-22(11-13-23)24(28)25-16-20-6-8-21(9-7-20)18-27-15-4-5-19(2)17-27/h3,6-13,19,26H,1,4-5,14-18H2,2H3,(H,25,28). The first-order valence-electron chi connectivity index (χ1n) is 10.7. The van der Waals surface area contributed by atoms with Crippen LogP contribution >= 0.6 is 0 Å². The largest absolute Gasteiger partial charge is 0.348 e. The SMILES string of the molecule is C=CCNS(=O)(=O)c1ccc(C(=O)NCc2ccc(CN3CCCC(C)C3)cc2)cc1. The van der Waals surface area contributed by atoms with Crippen molar-refractivity contribution >= 4 is 15.9 Å². The number of sulfonamides is 1. The molecule has 31 heavy (non-hydrogen) atoms. The minimum atomic E-state index is -3.59. The third-order valence-corrected chi connectivity index (χ3v) is 6.91. The molecule has 0 radical (unpaired) electrons. The zero-order chi connectivity index (χ0) is 22.3. The molecule has 3 rings (SSSR count). The molecule has 0 aromatic heterocycles. The van der Waals surface area contributed by atoms with Gasteiger partial charge in [0.2, 0.25) is 10.0 Å². The molecule has 1 aliphatic heterocycles. The van der Waals surface area contributed by atoms with Gasteiger partial charge in [0.05, 0.1) is 4.90 Å². The molecule has 1 aliphatic rings. The molecule has 1 heterocycles. The van der Waals surface area contributed by atoms with Crippen molar-refractivity contribution in [3.8, 4) is 0 Å². The molecule has 2 N–H and O–H groups in total. The predicted molar refractivity (Wildman–Crippen MR) is 123 cm³/mol. The van der Waals surface area contributed by atoms with E-state index >= 15 is 0 Å². The Morgan fingerprint density at radius 3 is 2.45 bits per heavy atom. The first-order chi connectivity index (χ1) is 14.9. The lowest BCUT2D eigenvalue weighted by atomic mass is 9.99. The maximum Gasteiger partial charge on any atom is 0.251 e. The molecule has 1 fully saturated rings. The van der Waals surface area contributed by atoms with Crippen molar-refractivity contribution in [2.24, 2.45) is 5.92 Å². The average molecular weight is 442 g/mol. The second-order valence-corrected chi connectivity index (χ2v) is 9.91. The molecule has 0 spiro atoms. The third-order valence-electron chi connectivity index (χ3n) is 5.47. The van der Waals surface area contributed by atoms with E-state index in [2.05, 4.69) is 40.6 Å². The fraction of sp³-hybridized carbons (Fsp3) is 0.375. The molecule has 6 nitrogen and oxygen atoms in total. The van der Waals surface area contributed by atoms with Gasteiger partial charge in [-0.15, -0.1) is 6.58 Å². The molecular weight excluding hydrogens is 410 g/mol. The summed E-state index contributed by atoms with van der Waals surface area (Å²) >= 11 is 0. The number of likely N-dealkylation sites (tertiary alicyclic amines) is 1. The summed E-state index contributed by atoms with van der Waals surface area (Å²) in [7, 11) is -3.59. The minimum absolute atomic E-state index is 0.115. The van der Waals surface area contributed by atoms with Gasteiger partial charge >= 0.3 is 0 Å². The van der Waals surface area contributed by atoms with Crippen molar-refractivity contribution in [1.29, 1.82) is 0 Å². The Morgan fingerprint density at radius 2 is 1.81 bits per heavy atom. The zero-order valence-electron chi connectivity index (χ0n) is 18.0. The van der Waals surface area contributed by atoms with Gasteiger partial charge in [-0.2, -0.15) is 0 Å². The molecule has 0 bridgehead atoms. The first-order valence-corrected chi connectivity index (χ1v) is 12.1. The lowest BCUT2D eigenvalue weighted by molar-refractivity contribution is 0.0951. The van der Waals surface area contributed by atoms with E-state index in [4.69, 9.17) is 0 Å². The highest BCUT2D eigenvalue weighted by Crippen LogP contribution is 2.18. The van der Waals surface area contributed by atoms with E-state index < -0.39 is 10.0 Å². The number of nitrogens with zero attached hydrogens (tertiary/aromatic N) is 1. The lowest BCUT2D eigenvalue weighted by Crippen LogP contribution is -2.33. The van der Waals surface area contributed by atoms with Gasteiger partial charge < -0.3 is 5.32 Å². The highest BCUT2D eigenvalue weighted by Gasteiger charge is 2.16. The summed E-state index contributed by atoms with van der Waals surface area (Å²) in [5.74, 6) is 0.523. The molecule has 1 saturated heterocycles. The molecule has 166 valence electrons. The molecule has 1 atom stereocenters. The van der Waals surface area contributed by atoms with Crippen LogP contribution in [0, 0.1) is 5.92 Å². The number of piperidine rings is 1. The van der Waals surface area contributed by atoms with Crippen LogP contribution in [0.5, 0.6) is 0 Å². The zero-order valence-corrected chi connectivity index (χ0v) is 18.8. The smallest absolute Gasteiger partial charge is 0.251 e. The molecule has 2 aromatic rings. The molecule has 0 aliphatic carbocycles. The summed E-state index contributed by atoms with van der Waals surface area (Å²) in [6, 6.07) is 14.2. The van der Waals surface area contributed by atoms with Gasteiger partial charge in [-0.1, -0.05) is 37.3 Å². The summed E-state index contributed by atoms with van der Waals surface area (Å²) in [5, 5.41) is 2.89. The molecule has 0 saturated carbocycles. The van der Waals surface area contributed by atoms with Crippen LogP contribution in [0.4, 0.5) is 0 Å². The number of carbonyl (C=O) groups excluding carboxylic acids is 1. The van der Waals surface area contributed by atoms with Crippen molar-refractivity contribution < 1.29 is 13.2 Å². The van der Waals surface area contributed by atoms with Crippen LogP contribution in [-0.4, -0.2) is 38.9 Å². The highest BCUT2D eigenvalue weighted by atomic mass is 32.2. The lowest BCUT2D eigenvalue weighted by Gasteiger charge is -2.30. The van der Waals surface area contributed by atoms with E-state index in [1.165, 1.54) is 48.7 Å². The number of benzene rings is 2. The van der Waals surface area contributed by atoms with Crippen LogP contribution < -0.4 is 10.0 Å². The Bertz CT molecular complexity index is 986. The van der Waals surface area contributed by atoms with Gasteiger partial charge in [0, 0.05) is 31.7 Å². The average Bonchev–Trinajstić information content (AvgIpc) is 2.77. The van der Waals surface area contributed by atoms with Crippen LogP contribution in [-0.2, 0) is 23.1 Å². The monoisotopic (exact) mass is 441 g/mol. The van der Waals surface area contributed by atoms with Gasteiger partial charge in [0.15, 0.2) is 0 Å². The highest BCUT2D eigenvalue weighted by molar-refractivity contribution is 7.89. The fourth-order valence-electron chi connectivity index (χ4n) is 3.77. The summed E-state index contributed by atoms with van der Waals surface area (Å²) in [6.07, 6.45) is 4.06. The summed E-state index contributed by atoms with van der Waals surface area (Å²) < 4.78 is 26.6. The van der Waals surface area contributed by atoms with Crippen LogP contribution in [0.2, 0.25) is 0 Å². The Balaban J connectivity index is 1.51.